The number of hydrogen-bond acceptors (Lipinski definition) is 7. The second-order valence-corrected chi connectivity index (χ2v) is 12.6. The largest absolute Gasteiger partial charge is 0.486 e. The van der Waals surface area contributed by atoms with Crippen LogP contribution in [0.5, 0.6) is 5.75 Å². The summed E-state index contributed by atoms with van der Waals surface area (Å²) in [5.41, 5.74) is 7.88. The number of likely N-dealkylation sites (tertiary alicyclic amines) is 1. The molecule has 2 heterocycles. The number of amides is 1. The predicted molar refractivity (Wildman–Crippen MR) is 149 cm³/mol. The standard InChI is InChI=1S/C29H41N3O6S/c1-4-37-16-15-32(39(35,36)27-21(2)7-5-8-22(27)3)19-25(33)18-31-14-6-12-29(20-31)13-11-23-17-24(28(30)34)9-10-26(23)38-29/h5,7-10,17,25,33H,4,6,11-16,18-20H2,1-3H3,(H2,30,34)/t25-,29?/m0/s1. The van der Waals surface area contributed by atoms with Crippen LogP contribution in [-0.4, -0.2) is 86.3 Å². The molecule has 0 radical (unpaired) electrons. The van der Waals surface area contributed by atoms with Gasteiger partial charge in [0.1, 0.15) is 11.4 Å². The van der Waals surface area contributed by atoms with Crippen LogP contribution in [0.25, 0.3) is 0 Å². The second-order valence-electron chi connectivity index (χ2n) is 10.7. The van der Waals surface area contributed by atoms with Gasteiger partial charge in [0.15, 0.2) is 0 Å². The fraction of sp³-hybridized carbons (Fsp3) is 0.552. The Morgan fingerprint density at radius 2 is 1.97 bits per heavy atom. The van der Waals surface area contributed by atoms with Crippen LogP contribution in [-0.2, 0) is 21.2 Å². The molecule has 3 N–H and O–H groups in total. The van der Waals surface area contributed by atoms with E-state index in [2.05, 4.69) is 4.90 Å². The van der Waals surface area contributed by atoms with Gasteiger partial charge >= 0.3 is 0 Å². The number of ether oxygens (including phenoxy) is 2. The molecule has 1 fully saturated rings. The van der Waals surface area contributed by atoms with E-state index < -0.39 is 22.0 Å². The highest BCUT2D eigenvalue weighted by Crippen LogP contribution is 2.39. The van der Waals surface area contributed by atoms with Crippen molar-refractivity contribution in [3.63, 3.8) is 0 Å². The van der Waals surface area contributed by atoms with Crippen LogP contribution in [0, 0.1) is 13.8 Å². The van der Waals surface area contributed by atoms with Crippen LogP contribution in [0.2, 0.25) is 0 Å². The van der Waals surface area contributed by atoms with Crippen molar-refractivity contribution in [1.29, 1.82) is 0 Å². The van der Waals surface area contributed by atoms with Gasteiger partial charge in [-0.3, -0.25) is 9.69 Å². The van der Waals surface area contributed by atoms with Crippen molar-refractivity contribution < 1.29 is 27.8 Å². The molecule has 0 aromatic heterocycles. The number of nitrogens with two attached hydrogens (primary N) is 1. The van der Waals surface area contributed by atoms with E-state index in [4.69, 9.17) is 15.2 Å². The topological polar surface area (TPSA) is 122 Å². The van der Waals surface area contributed by atoms with Crippen molar-refractivity contribution in [2.75, 3.05) is 45.9 Å². The minimum absolute atomic E-state index is 0.0216. The summed E-state index contributed by atoms with van der Waals surface area (Å²) in [7, 11) is -3.83. The van der Waals surface area contributed by atoms with Gasteiger partial charge in [-0.15, -0.1) is 0 Å². The van der Waals surface area contributed by atoms with Crippen LogP contribution >= 0.6 is 0 Å². The highest BCUT2D eigenvalue weighted by molar-refractivity contribution is 7.89. The molecule has 1 saturated heterocycles. The predicted octanol–water partition coefficient (Wildman–Crippen LogP) is 2.65. The first-order valence-electron chi connectivity index (χ1n) is 13.7. The van der Waals surface area contributed by atoms with Gasteiger partial charge in [0.25, 0.3) is 0 Å². The fourth-order valence-corrected chi connectivity index (χ4v) is 7.75. The number of aryl methyl sites for hydroxylation is 3. The molecule has 2 aromatic carbocycles. The molecule has 1 amide bonds. The van der Waals surface area contributed by atoms with Crippen molar-refractivity contribution >= 4 is 15.9 Å². The van der Waals surface area contributed by atoms with E-state index in [1.165, 1.54) is 4.31 Å². The number of aliphatic hydroxyl groups is 1. The van der Waals surface area contributed by atoms with E-state index in [1.54, 1.807) is 32.0 Å². The first kappa shape index (κ1) is 29.5. The zero-order chi connectivity index (χ0) is 28.2. The van der Waals surface area contributed by atoms with Crippen LogP contribution < -0.4 is 10.5 Å². The first-order chi connectivity index (χ1) is 18.5. The maximum absolute atomic E-state index is 13.7. The third-order valence-electron chi connectivity index (χ3n) is 7.72. The van der Waals surface area contributed by atoms with Crippen LogP contribution in [0.15, 0.2) is 41.3 Å². The summed E-state index contributed by atoms with van der Waals surface area (Å²) >= 11 is 0. The van der Waals surface area contributed by atoms with E-state index >= 15 is 0 Å². The maximum atomic E-state index is 13.7. The molecule has 0 saturated carbocycles. The lowest BCUT2D eigenvalue weighted by molar-refractivity contribution is -0.0364. The average molecular weight is 560 g/mol. The summed E-state index contributed by atoms with van der Waals surface area (Å²) in [5, 5.41) is 11.1. The number of sulfonamides is 1. The molecule has 2 aliphatic heterocycles. The Kier molecular flexibility index (Phi) is 9.33. The van der Waals surface area contributed by atoms with Gasteiger partial charge in [0.2, 0.25) is 15.9 Å². The van der Waals surface area contributed by atoms with Gasteiger partial charge in [0, 0.05) is 38.3 Å². The van der Waals surface area contributed by atoms with E-state index in [9.17, 15) is 18.3 Å². The Balaban J connectivity index is 1.45. The normalized spacial score (nSPS) is 20.5. The molecule has 10 heteroatoms. The Hall–Kier alpha value is -2.50. The smallest absolute Gasteiger partial charge is 0.248 e. The van der Waals surface area contributed by atoms with Crippen molar-refractivity contribution in [2.24, 2.45) is 5.73 Å². The van der Waals surface area contributed by atoms with E-state index in [0.29, 0.717) is 41.3 Å². The van der Waals surface area contributed by atoms with Crippen molar-refractivity contribution in [1.82, 2.24) is 9.21 Å². The SMILES string of the molecule is CCOCCN(C[C@@H](O)CN1CCCC2(CCc3cc(C(N)=O)ccc3O2)C1)S(=O)(=O)c1c(C)cccc1C. The lowest BCUT2D eigenvalue weighted by Gasteiger charge is -2.46. The summed E-state index contributed by atoms with van der Waals surface area (Å²) in [6.45, 7) is 8.13. The summed E-state index contributed by atoms with van der Waals surface area (Å²) in [5.74, 6) is 0.321. The maximum Gasteiger partial charge on any atom is 0.248 e. The zero-order valence-corrected chi connectivity index (χ0v) is 24.0. The van der Waals surface area contributed by atoms with Gasteiger partial charge in [-0.1, -0.05) is 18.2 Å². The van der Waals surface area contributed by atoms with Crippen LogP contribution in [0.4, 0.5) is 0 Å². The number of aliphatic hydroxyl groups excluding tert-OH is 1. The summed E-state index contributed by atoms with van der Waals surface area (Å²) < 4.78 is 40.8. The van der Waals surface area contributed by atoms with Gasteiger partial charge in [-0.25, -0.2) is 8.42 Å². The fourth-order valence-electron chi connectivity index (χ4n) is 5.85. The van der Waals surface area contributed by atoms with E-state index in [-0.39, 0.29) is 25.3 Å². The number of hydrogen-bond donors (Lipinski definition) is 2. The van der Waals surface area contributed by atoms with Crippen LogP contribution in [0.3, 0.4) is 0 Å². The monoisotopic (exact) mass is 559 g/mol. The molecule has 214 valence electrons. The second kappa shape index (κ2) is 12.3. The Morgan fingerprint density at radius 3 is 2.67 bits per heavy atom. The number of piperidine rings is 1. The van der Waals surface area contributed by atoms with Gasteiger partial charge in [0.05, 0.1) is 17.6 Å². The number of benzene rings is 2. The summed E-state index contributed by atoms with van der Waals surface area (Å²) in [4.78, 5) is 14.0. The highest BCUT2D eigenvalue weighted by atomic mass is 32.2. The molecular formula is C29H41N3O6S. The lowest BCUT2D eigenvalue weighted by Crippen LogP contribution is -2.55. The minimum atomic E-state index is -3.83. The number of β-amino-alcohol motifs (C(OH)–C–C–N with tert-alkyl or cyclic N) is 1. The zero-order valence-electron chi connectivity index (χ0n) is 23.2. The Labute approximate surface area is 231 Å². The van der Waals surface area contributed by atoms with Crippen LogP contribution in [0.1, 0.15) is 53.2 Å². The molecule has 2 aromatic rings. The summed E-state index contributed by atoms with van der Waals surface area (Å²) in [6.07, 6.45) is 2.52. The Morgan fingerprint density at radius 1 is 1.23 bits per heavy atom. The third-order valence-corrected chi connectivity index (χ3v) is 9.89. The third kappa shape index (κ3) is 6.81. The quantitative estimate of drug-likeness (QED) is 0.406. The number of primary amides is 1. The first-order valence-corrected chi connectivity index (χ1v) is 15.1. The molecule has 1 unspecified atom stereocenters. The highest BCUT2D eigenvalue weighted by Gasteiger charge is 2.41. The van der Waals surface area contributed by atoms with Crippen molar-refractivity contribution in [2.45, 2.75) is 63.1 Å². The number of rotatable bonds is 11. The lowest BCUT2D eigenvalue weighted by atomic mass is 9.84. The van der Waals surface area contributed by atoms with E-state index in [1.807, 2.05) is 25.1 Å². The van der Waals surface area contributed by atoms with Crippen molar-refractivity contribution in [3.05, 3.63) is 58.7 Å². The number of carbonyl (C=O) groups excluding carboxylic acids is 1. The molecule has 1 spiro atoms. The number of carbonyl (C=O) groups is 1. The average Bonchev–Trinajstić information content (AvgIpc) is 2.87. The number of nitrogens with zero attached hydrogens (tertiary/aromatic N) is 2. The molecule has 9 nitrogen and oxygen atoms in total. The molecular weight excluding hydrogens is 518 g/mol. The summed E-state index contributed by atoms with van der Waals surface area (Å²) in [6, 6.07) is 10.7. The molecule has 0 aliphatic carbocycles. The molecule has 2 atom stereocenters. The minimum Gasteiger partial charge on any atom is -0.486 e. The Bertz CT molecular complexity index is 1260. The molecule has 39 heavy (non-hydrogen) atoms. The number of fused-ring (bicyclic) bond motifs is 1. The van der Waals surface area contributed by atoms with Gasteiger partial charge < -0.3 is 20.3 Å². The molecule has 0 bridgehead atoms. The van der Waals surface area contributed by atoms with Gasteiger partial charge in [-0.05, 0) is 87.9 Å². The molecule has 4 rings (SSSR count). The van der Waals surface area contributed by atoms with E-state index in [0.717, 1.165) is 43.5 Å². The van der Waals surface area contributed by atoms with Crippen molar-refractivity contribution in [3.8, 4) is 5.75 Å². The molecule has 2 aliphatic rings. The van der Waals surface area contributed by atoms with Gasteiger partial charge in [-0.2, -0.15) is 4.31 Å².